The van der Waals surface area contributed by atoms with Gasteiger partial charge in [0.05, 0.1) is 13.7 Å². The molecule has 2 aromatic carbocycles. The molecule has 1 heterocycles. The highest BCUT2D eigenvalue weighted by atomic mass is 16.5. The van der Waals surface area contributed by atoms with Gasteiger partial charge in [-0.25, -0.2) is 0 Å². The molecule has 0 aliphatic carbocycles. The first-order valence-corrected chi connectivity index (χ1v) is 10.5. The van der Waals surface area contributed by atoms with Crippen LogP contribution in [0.5, 0.6) is 11.5 Å². The summed E-state index contributed by atoms with van der Waals surface area (Å²) in [6, 6.07) is 11.9. The third-order valence-electron chi connectivity index (χ3n) is 5.51. The number of methoxy groups -OCH3 is 1. The molecule has 1 N–H and O–H groups in total. The standard InChI is InChI=1S/C24H33N3O3/c1-18-15-19(2)24(20(3)16-18)25-23(28)17-27-11-9-26(10-12-27)13-14-30-22-7-5-21(29-4)6-8-22/h5-8,15-16H,9-14,17H2,1-4H3,(H,25,28). The fourth-order valence-electron chi connectivity index (χ4n) is 3.89. The summed E-state index contributed by atoms with van der Waals surface area (Å²) in [6.45, 7) is 11.8. The van der Waals surface area contributed by atoms with Gasteiger partial charge in [-0.05, 0) is 56.2 Å². The van der Waals surface area contributed by atoms with E-state index in [0.717, 1.165) is 61.0 Å². The lowest BCUT2D eigenvalue weighted by Crippen LogP contribution is -2.49. The average Bonchev–Trinajstić information content (AvgIpc) is 2.72. The molecule has 0 radical (unpaired) electrons. The van der Waals surface area contributed by atoms with Gasteiger partial charge in [-0.1, -0.05) is 17.7 Å². The van der Waals surface area contributed by atoms with Gasteiger partial charge in [-0.3, -0.25) is 14.6 Å². The maximum atomic E-state index is 12.5. The molecule has 0 bridgehead atoms. The van der Waals surface area contributed by atoms with Crippen LogP contribution in [0.15, 0.2) is 36.4 Å². The summed E-state index contributed by atoms with van der Waals surface area (Å²) in [5.74, 6) is 1.74. The number of piperazine rings is 1. The van der Waals surface area contributed by atoms with Crippen molar-refractivity contribution in [2.75, 3.05) is 58.3 Å². The Morgan fingerprint density at radius 1 is 0.933 bits per heavy atom. The van der Waals surface area contributed by atoms with Gasteiger partial charge in [0.2, 0.25) is 5.91 Å². The predicted octanol–water partition coefficient (Wildman–Crippen LogP) is 3.26. The molecule has 0 aromatic heterocycles. The van der Waals surface area contributed by atoms with Crippen LogP contribution in [-0.2, 0) is 4.79 Å². The number of ether oxygens (including phenoxy) is 2. The molecule has 2 aromatic rings. The lowest BCUT2D eigenvalue weighted by Gasteiger charge is -2.34. The second kappa shape index (κ2) is 10.5. The van der Waals surface area contributed by atoms with Gasteiger partial charge >= 0.3 is 0 Å². The zero-order valence-corrected chi connectivity index (χ0v) is 18.5. The number of nitrogens with zero attached hydrogens (tertiary/aromatic N) is 2. The lowest BCUT2D eigenvalue weighted by atomic mass is 10.1. The van der Waals surface area contributed by atoms with Gasteiger partial charge in [-0.15, -0.1) is 0 Å². The Kier molecular flexibility index (Phi) is 7.71. The van der Waals surface area contributed by atoms with Gasteiger partial charge in [0.15, 0.2) is 0 Å². The first-order valence-electron chi connectivity index (χ1n) is 10.5. The molecule has 0 unspecified atom stereocenters. The molecule has 1 aliphatic heterocycles. The number of carbonyl (C=O) groups excluding carboxylic acids is 1. The fraction of sp³-hybridized carbons (Fsp3) is 0.458. The fourth-order valence-corrected chi connectivity index (χ4v) is 3.89. The van der Waals surface area contributed by atoms with Crippen LogP contribution in [0.1, 0.15) is 16.7 Å². The summed E-state index contributed by atoms with van der Waals surface area (Å²) in [6.07, 6.45) is 0. The van der Waals surface area contributed by atoms with Crippen molar-refractivity contribution < 1.29 is 14.3 Å². The van der Waals surface area contributed by atoms with E-state index in [4.69, 9.17) is 9.47 Å². The summed E-state index contributed by atoms with van der Waals surface area (Å²) in [5, 5.41) is 3.10. The third kappa shape index (κ3) is 6.21. The number of amides is 1. The van der Waals surface area contributed by atoms with Crippen molar-refractivity contribution in [1.29, 1.82) is 0 Å². The number of rotatable bonds is 8. The van der Waals surface area contributed by atoms with Gasteiger partial charge in [0, 0.05) is 38.4 Å². The number of anilines is 1. The van der Waals surface area contributed by atoms with E-state index in [1.807, 2.05) is 38.1 Å². The number of benzene rings is 2. The highest BCUT2D eigenvalue weighted by molar-refractivity contribution is 5.93. The lowest BCUT2D eigenvalue weighted by molar-refractivity contribution is -0.117. The monoisotopic (exact) mass is 411 g/mol. The SMILES string of the molecule is COc1ccc(OCCN2CCN(CC(=O)Nc3c(C)cc(C)cc3C)CC2)cc1. The van der Waals surface area contributed by atoms with E-state index < -0.39 is 0 Å². The highest BCUT2D eigenvalue weighted by Crippen LogP contribution is 2.22. The minimum Gasteiger partial charge on any atom is -0.497 e. The van der Waals surface area contributed by atoms with E-state index in [9.17, 15) is 4.79 Å². The summed E-state index contributed by atoms with van der Waals surface area (Å²) in [7, 11) is 1.66. The predicted molar refractivity (Wildman–Crippen MR) is 121 cm³/mol. The smallest absolute Gasteiger partial charge is 0.238 e. The first kappa shape index (κ1) is 22.1. The quantitative estimate of drug-likeness (QED) is 0.723. The second-order valence-electron chi connectivity index (χ2n) is 7.96. The Balaban J connectivity index is 1.37. The number of carbonyl (C=O) groups is 1. The zero-order valence-electron chi connectivity index (χ0n) is 18.5. The molecule has 30 heavy (non-hydrogen) atoms. The van der Waals surface area contributed by atoms with Crippen molar-refractivity contribution in [2.45, 2.75) is 20.8 Å². The van der Waals surface area contributed by atoms with Crippen LogP contribution in [0.3, 0.4) is 0 Å². The molecule has 6 nitrogen and oxygen atoms in total. The molecule has 0 atom stereocenters. The van der Waals surface area contributed by atoms with Crippen LogP contribution in [0.4, 0.5) is 5.69 Å². The molecular weight excluding hydrogens is 378 g/mol. The summed E-state index contributed by atoms with van der Waals surface area (Å²) in [4.78, 5) is 17.1. The maximum Gasteiger partial charge on any atom is 0.238 e. The maximum absolute atomic E-state index is 12.5. The van der Waals surface area contributed by atoms with Crippen LogP contribution >= 0.6 is 0 Å². The topological polar surface area (TPSA) is 54.0 Å². The van der Waals surface area contributed by atoms with E-state index >= 15 is 0 Å². The minimum absolute atomic E-state index is 0.0568. The van der Waals surface area contributed by atoms with Crippen molar-refractivity contribution in [3.63, 3.8) is 0 Å². The summed E-state index contributed by atoms with van der Waals surface area (Å²) < 4.78 is 11.0. The normalized spacial score (nSPS) is 15.1. The van der Waals surface area contributed by atoms with E-state index in [1.54, 1.807) is 7.11 Å². The van der Waals surface area contributed by atoms with Crippen LogP contribution in [0.25, 0.3) is 0 Å². The Bertz CT molecular complexity index is 820. The van der Waals surface area contributed by atoms with Crippen LogP contribution < -0.4 is 14.8 Å². The Hall–Kier alpha value is -2.57. The number of nitrogens with one attached hydrogen (secondary N) is 1. The molecule has 3 rings (SSSR count). The first-order chi connectivity index (χ1) is 14.4. The van der Waals surface area contributed by atoms with Crippen molar-refractivity contribution in [3.05, 3.63) is 53.1 Å². The minimum atomic E-state index is 0.0568. The van der Waals surface area contributed by atoms with E-state index in [2.05, 4.69) is 34.2 Å². The molecule has 162 valence electrons. The molecule has 1 fully saturated rings. The van der Waals surface area contributed by atoms with Crippen LogP contribution in [-0.4, -0.2) is 68.7 Å². The molecule has 1 aliphatic rings. The van der Waals surface area contributed by atoms with Gasteiger partial charge in [0.25, 0.3) is 0 Å². The molecule has 0 spiro atoms. The molecular formula is C24H33N3O3. The Labute approximate surface area is 179 Å². The molecule has 0 saturated carbocycles. The third-order valence-corrected chi connectivity index (χ3v) is 5.51. The Morgan fingerprint density at radius 3 is 2.10 bits per heavy atom. The number of aryl methyl sites for hydroxylation is 3. The van der Waals surface area contributed by atoms with Gasteiger partial charge < -0.3 is 14.8 Å². The van der Waals surface area contributed by atoms with Gasteiger partial charge in [0.1, 0.15) is 18.1 Å². The summed E-state index contributed by atoms with van der Waals surface area (Å²) >= 11 is 0. The van der Waals surface area contributed by atoms with E-state index in [0.29, 0.717) is 13.2 Å². The molecule has 1 amide bonds. The van der Waals surface area contributed by atoms with Crippen molar-refractivity contribution >= 4 is 11.6 Å². The Morgan fingerprint density at radius 2 is 1.50 bits per heavy atom. The molecule has 1 saturated heterocycles. The van der Waals surface area contributed by atoms with E-state index in [-0.39, 0.29) is 5.91 Å². The van der Waals surface area contributed by atoms with E-state index in [1.165, 1.54) is 5.56 Å². The second-order valence-corrected chi connectivity index (χ2v) is 7.96. The highest BCUT2D eigenvalue weighted by Gasteiger charge is 2.19. The zero-order chi connectivity index (χ0) is 21.5. The van der Waals surface area contributed by atoms with Gasteiger partial charge in [-0.2, -0.15) is 0 Å². The largest absolute Gasteiger partial charge is 0.497 e. The number of hydrogen-bond donors (Lipinski definition) is 1. The number of hydrogen-bond acceptors (Lipinski definition) is 5. The van der Waals surface area contributed by atoms with Crippen molar-refractivity contribution in [1.82, 2.24) is 9.80 Å². The summed E-state index contributed by atoms with van der Waals surface area (Å²) in [5.41, 5.74) is 4.39. The van der Waals surface area contributed by atoms with Crippen molar-refractivity contribution in [2.24, 2.45) is 0 Å². The molecule has 6 heteroatoms. The van der Waals surface area contributed by atoms with Crippen LogP contribution in [0, 0.1) is 20.8 Å². The van der Waals surface area contributed by atoms with Crippen LogP contribution in [0.2, 0.25) is 0 Å². The average molecular weight is 412 g/mol. The van der Waals surface area contributed by atoms with Crippen molar-refractivity contribution in [3.8, 4) is 11.5 Å².